The van der Waals surface area contributed by atoms with Gasteiger partial charge in [0.2, 0.25) is 5.91 Å². The number of aromatic nitrogens is 3. The lowest BCUT2D eigenvalue weighted by atomic mass is 10.1. The quantitative estimate of drug-likeness (QED) is 0.778. The zero-order valence-corrected chi connectivity index (χ0v) is 14.4. The SMILES string of the molecule is Cc1nn(C(C)C(=O)NCCC(C)C)c(=O)c2cc3occc3n12. The van der Waals surface area contributed by atoms with Crippen molar-refractivity contribution in [1.82, 2.24) is 19.5 Å². The van der Waals surface area contributed by atoms with E-state index in [-0.39, 0.29) is 11.5 Å². The van der Waals surface area contributed by atoms with E-state index in [1.54, 1.807) is 36.6 Å². The number of aryl methyl sites for hydroxylation is 1. The van der Waals surface area contributed by atoms with Gasteiger partial charge in [-0.3, -0.25) is 14.0 Å². The van der Waals surface area contributed by atoms with E-state index in [2.05, 4.69) is 24.3 Å². The number of hydrogen-bond acceptors (Lipinski definition) is 4. The number of carbonyl (C=O) groups excluding carboxylic acids is 1. The van der Waals surface area contributed by atoms with E-state index in [1.165, 1.54) is 4.68 Å². The number of hydrogen-bond donors (Lipinski definition) is 1. The van der Waals surface area contributed by atoms with E-state index in [9.17, 15) is 9.59 Å². The molecular weight excluding hydrogens is 308 g/mol. The molecule has 0 aliphatic rings. The van der Waals surface area contributed by atoms with E-state index < -0.39 is 6.04 Å². The van der Waals surface area contributed by atoms with Gasteiger partial charge in [0.25, 0.3) is 5.56 Å². The molecule has 0 saturated carbocycles. The average Bonchev–Trinajstić information content (AvgIpc) is 3.10. The minimum absolute atomic E-state index is 0.204. The van der Waals surface area contributed by atoms with Gasteiger partial charge in [0.05, 0.1) is 11.8 Å². The first kappa shape index (κ1) is 16.3. The maximum Gasteiger partial charge on any atom is 0.291 e. The molecule has 0 radical (unpaired) electrons. The number of rotatable bonds is 5. The normalized spacial score (nSPS) is 13.0. The second kappa shape index (κ2) is 6.14. The molecule has 3 aromatic heterocycles. The highest BCUT2D eigenvalue weighted by atomic mass is 16.3. The van der Waals surface area contributed by atoms with Crippen LogP contribution in [0.4, 0.5) is 0 Å². The number of carbonyl (C=O) groups is 1. The fourth-order valence-electron chi connectivity index (χ4n) is 2.80. The third kappa shape index (κ3) is 2.70. The standard InChI is InChI=1S/C17H22N4O3/c1-10(2)5-7-18-16(22)11(3)21-17(23)14-9-15-13(6-8-24-15)20(14)12(4)19-21/h6,8-11H,5,7H2,1-4H3,(H,18,22). The Morgan fingerprint density at radius 1 is 1.33 bits per heavy atom. The van der Waals surface area contributed by atoms with Crippen LogP contribution in [0.2, 0.25) is 0 Å². The number of nitrogens with zero attached hydrogens (tertiary/aromatic N) is 3. The maximum atomic E-state index is 12.7. The molecule has 0 spiro atoms. The van der Waals surface area contributed by atoms with E-state index in [0.29, 0.717) is 29.4 Å². The molecule has 0 bridgehead atoms. The van der Waals surface area contributed by atoms with Crippen molar-refractivity contribution in [3.8, 4) is 0 Å². The van der Waals surface area contributed by atoms with Crippen LogP contribution in [0, 0.1) is 12.8 Å². The van der Waals surface area contributed by atoms with Gasteiger partial charge in [-0.15, -0.1) is 0 Å². The Morgan fingerprint density at radius 3 is 2.79 bits per heavy atom. The number of amides is 1. The molecule has 0 fully saturated rings. The van der Waals surface area contributed by atoms with Crippen LogP contribution < -0.4 is 10.9 Å². The van der Waals surface area contributed by atoms with Gasteiger partial charge in [0.1, 0.15) is 17.4 Å². The summed E-state index contributed by atoms with van der Waals surface area (Å²) in [4.78, 5) is 25.0. The second-order valence-corrected chi connectivity index (χ2v) is 6.48. The molecule has 1 N–H and O–H groups in total. The summed E-state index contributed by atoms with van der Waals surface area (Å²) in [5.74, 6) is 0.934. The monoisotopic (exact) mass is 330 g/mol. The highest BCUT2D eigenvalue weighted by molar-refractivity contribution is 5.83. The second-order valence-electron chi connectivity index (χ2n) is 6.48. The predicted molar refractivity (Wildman–Crippen MR) is 91.1 cm³/mol. The zero-order valence-electron chi connectivity index (χ0n) is 14.4. The van der Waals surface area contributed by atoms with Crippen molar-refractivity contribution in [1.29, 1.82) is 0 Å². The highest BCUT2D eigenvalue weighted by Gasteiger charge is 2.21. The first-order valence-electron chi connectivity index (χ1n) is 8.16. The summed E-state index contributed by atoms with van der Waals surface area (Å²) in [5.41, 5.74) is 1.58. The Hall–Kier alpha value is -2.57. The largest absolute Gasteiger partial charge is 0.463 e. The van der Waals surface area contributed by atoms with Crippen molar-refractivity contribution < 1.29 is 9.21 Å². The van der Waals surface area contributed by atoms with Crippen LogP contribution in [0.1, 0.15) is 39.1 Å². The van der Waals surface area contributed by atoms with Crippen molar-refractivity contribution in [3.05, 3.63) is 34.6 Å². The summed E-state index contributed by atoms with van der Waals surface area (Å²) in [5, 5.41) is 7.20. The Bertz CT molecular complexity index is 948. The first-order valence-corrected chi connectivity index (χ1v) is 8.16. The molecule has 1 unspecified atom stereocenters. The van der Waals surface area contributed by atoms with Crippen LogP contribution in [0.15, 0.2) is 27.6 Å². The fraction of sp³-hybridized carbons (Fsp3) is 0.471. The summed E-state index contributed by atoms with van der Waals surface area (Å²) in [7, 11) is 0. The van der Waals surface area contributed by atoms with Crippen LogP contribution in [0.5, 0.6) is 0 Å². The molecule has 0 aromatic carbocycles. The highest BCUT2D eigenvalue weighted by Crippen LogP contribution is 2.20. The van der Waals surface area contributed by atoms with Gasteiger partial charge in [-0.05, 0) is 26.2 Å². The van der Waals surface area contributed by atoms with Gasteiger partial charge in [0.15, 0.2) is 5.58 Å². The predicted octanol–water partition coefficient (Wildman–Crippen LogP) is 2.27. The Morgan fingerprint density at radius 2 is 2.08 bits per heavy atom. The molecule has 0 aliphatic carbocycles. The average molecular weight is 330 g/mol. The molecule has 7 heteroatoms. The number of furan rings is 1. The lowest BCUT2D eigenvalue weighted by Gasteiger charge is -2.16. The molecule has 128 valence electrons. The Labute approximate surface area is 139 Å². The lowest BCUT2D eigenvalue weighted by Crippen LogP contribution is -2.38. The van der Waals surface area contributed by atoms with Crippen LogP contribution >= 0.6 is 0 Å². The molecule has 7 nitrogen and oxygen atoms in total. The molecule has 3 rings (SSSR count). The molecule has 24 heavy (non-hydrogen) atoms. The molecule has 0 aliphatic heterocycles. The first-order chi connectivity index (χ1) is 11.4. The van der Waals surface area contributed by atoms with Gasteiger partial charge in [-0.25, -0.2) is 4.68 Å². The van der Waals surface area contributed by atoms with Crippen molar-refractivity contribution in [3.63, 3.8) is 0 Å². The van der Waals surface area contributed by atoms with E-state index in [4.69, 9.17) is 4.42 Å². The van der Waals surface area contributed by atoms with Gasteiger partial charge >= 0.3 is 0 Å². The van der Waals surface area contributed by atoms with Crippen LogP contribution in [-0.2, 0) is 4.79 Å². The Balaban J connectivity index is 1.96. The topological polar surface area (TPSA) is 81.5 Å². The summed E-state index contributed by atoms with van der Waals surface area (Å²) in [6, 6.07) is 2.81. The Kier molecular flexibility index (Phi) is 4.17. The third-order valence-corrected chi connectivity index (χ3v) is 4.19. The number of nitrogens with one attached hydrogen (secondary N) is 1. The van der Waals surface area contributed by atoms with Crippen LogP contribution in [-0.4, -0.2) is 26.6 Å². The van der Waals surface area contributed by atoms with Crippen molar-refractivity contribution in [2.45, 2.75) is 40.2 Å². The summed E-state index contributed by atoms with van der Waals surface area (Å²) < 4.78 is 8.36. The van der Waals surface area contributed by atoms with Gasteiger partial charge in [-0.2, -0.15) is 5.10 Å². The molecule has 3 heterocycles. The van der Waals surface area contributed by atoms with Gasteiger partial charge in [-0.1, -0.05) is 13.8 Å². The lowest BCUT2D eigenvalue weighted by molar-refractivity contribution is -0.124. The molecular formula is C17H22N4O3. The molecule has 1 amide bonds. The molecule has 3 aromatic rings. The summed E-state index contributed by atoms with van der Waals surface area (Å²) in [6.07, 6.45) is 2.47. The van der Waals surface area contributed by atoms with Crippen molar-refractivity contribution in [2.75, 3.05) is 6.54 Å². The smallest absolute Gasteiger partial charge is 0.291 e. The minimum Gasteiger partial charge on any atom is -0.463 e. The summed E-state index contributed by atoms with van der Waals surface area (Å²) >= 11 is 0. The fourth-order valence-corrected chi connectivity index (χ4v) is 2.80. The maximum absolute atomic E-state index is 12.7. The zero-order chi connectivity index (χ0) is 17.4. The van der Waals surface area contributed by atoms with E-state index in [1.807, 2.05) is 0 Å². The van der Waals surface area contributed by atoms with Gasteiger partial charge < -0.3 is 9.73 Å². The number of fused-ring (bicyclic) bond motifs is 3. The third-order valence-electron chi connectivity index (χ3n) is 4.19. The van der Waals surface area contributed by atoms with Crippen LogP contribution in [0.3, 0.4) is 0 Å². The summed E-state index contributed by atoms with van der Waals surface area (Å²) in [6.45, 7) is 8.28. The van der Waals surface area contributed by atoms with Crippen LogP contribution in [0.25, 0.3) is 16.6 Å². The van der Waals surface area contributed by atoms with Crippen molar-refractivity contribution >= 4 is 22.5 Å². The minimum atomic E-state index is -0.672. The van der Waals surface area contributed by atoms with E-state index in [0.717, 1.165) is 11.9 Å². The molecule has 1 atom stereocenters. The van der Waals surface area contributed by atoms with Gasteiger partial charge in [0, 0.05) is 18.7 Å². The van der Waals surface area contributed by atoms with E-state index >= 15 is 0 Å². The molecule has 0 saturated heterocycles. The van der Waals surface area contributed by atoms with Crippen molar-refractivity contribution in [2.24, 2.45) is 5.92 Å².